The summed E-state index contributed by atoms with van der Waals surface area (Å²) in [5.41, 5.74) is 1.16. The molecule has 0 atom stereocenters. The van der Waals surface area contributed by atoms with Crippen molar-refractivity contribution >= 4 is 18.0 Å². The Balaban J connectivity index is 2.52. The zero-order chi connectivity index (χ0) is 15.7. The van der Waals surface area contributed by atoms with Crippen LogP contribution in [0.1, 0.15) is 32.3 Å². The summed E-state index contributed by atoms with van der Waals surface area (Å²) in [5, 5.41) is 0. The van der Waals surface area contributed by atoms with Crippen LogP contribution in [0.4, 0.5) is 0 Å². The maximum atomic E-state index is 11.4. The Morgan fingerprint density at radius 3 is 2.48 bits per heavy atom. The van der Waals surface area contributed by atoms with Gasteiger partial charge in [-0.1, -0.05) is 32.1 Å². The van der Waals surface area contributed by atoms with Crippen molar-refractivity contribution in [1.29, 1.82) is 0 Å². The minimum atomic E-state index is -0.460. The molecule has 0 aromatic heterocycles. The van der Waals surface area contributed by atoms with Crippen molar-refractivity contribution in [1.82, 2.24) is 0 Å². The molecule has 1 aromatic rings. The van der Waals surface area contributed by atoms with Crippen LogP contribution in [0.25, 0.3) is 6.08 Å². The minimum absolute atomic E-state index is 0.341. The Kier molecular flexibility index (Phi) is 6.95. The van der Waals surface area contributed by atoms with Gasteiger partial charge in [-0.05, 0) is 37.1 Å². The molecule has 1 rings (SSSR count). The lowest BCUT2D eigenvalue weighted by Gasteiger charge is -2.03. The summed E-state index contributed by atoms with van der Waals surface area (Å²) in [7, 11) is 0. The molecule has 21 heavy (non-hydrogen) atoms. The van der Waals surface area contributed by atoms with Crippen LogP contribution in [-0.4, -0.2) is 18.5 Å². The highest BCUT2D eigenvalue weighted by molar-refractivity contribution is 5.89. The topological polar surface area (TPSA) is 52.6 Å². The fourth-order valence-corrected chi connectivity index (χ4v) is 1.37. The number of ether oxygens (including phenoxy) is 2. The van der Waals surface area contributed by atoms with Gasteiger partial charge in [-0.2, -0.15) is 0 Å². The summed E-state index contributed by atoms with van der Waals surface area (Å²) in [4.78, 5) is 22.7. The van der Waals surface area contributed by atoms with E-state index in [1.54, 1.807) is 37.3 Å². The molecule has 0 radical (unpaired) electrons. The molecule has 0 N–H and O–H groups in total. The van der Waals surface area contributed by atoms with Crippen molar-refractivity contribution in [3.63, 3.8) is 0 Å². The molecule has 4 nitrogen and oxygen atoms in total. The summed E-state index contributed by atoms with van der Waals surface area (Å²) in [6.07, 6.45) is 4.88. The van der Waals surface area contributed by atoms with Crippen LogP contribution in [0.2, 0.25) is 0 Å². The first-order valence-corrected chi connectivity index (χ1v) is 6.85. The third-order valence-electron chi connectivity index (χ3n) is 2.59. The average molecular weight is 288 g/mol. The monoisotopic (exact) mass is 288 g/mol. The number of carbonyl (C=O) groups is 2. The predicted molar refractivity (Wildman–Crippen MR) is 81.8 cm³/mol. The summed E-state index contributed by atoms with van der Waals surface area (Å²) in [6.45, 7) is 7.57. The van der Waals surface area contributed by atoms with Gasteiger partial charge in [0.1, 0.15) is 5.75 Å². The van der Waals surface area contributed by atoms with Crippen LogP contribution in [0.3, 0.4) is 0 Å². The lowest BCUT2D eigenvalue weighted by Crippen LogP contribution is -2.07. The first-order valence-electron chi connectivity index (χ1n) is 6.85. The second-order valence-electron chi connectivity index (χ2n) is 4.59. The van der Waals surface area contributed by atoms with E-state index in [0.29, 0.717) is 17.9 Å². The van der Waals surface area contributed by atoms with E-state index in [-0.39, 0.29) is 5.97 Å². The molecule has 1 aromatic carbocycles. The number of carbonyl (C=O) groups excluding carboxylic acids is 2. The summed E-state index contributed by atoms with van der Waals surface area (Å²) in [6, 6.07) is 6.81. The average Bonchev–Trinajstić information content (AvgIpc) is 2.46. The first kappa shape index (κ1) is 16.7. The molecule has 0 fully saturated rings. The van der Waals surface area contributed by atoms with Gasteiger partial charge < -0.3 is 9.47 Å². The fraction of sp³-hybridized carbons (Fsp3) is 0.294. The van der Waals surface area contributed by atoms with Gasteiger partial charge in [0, 0.05) is 11.6 Å². The van der Waals surface area contributed by atoms with Gasteiger partial charge in [-0.25, -0.2) is 9.59 Å². The Morgan fingerprint density at radius 2 is 1.90 bits per heavy atom. The van der Waals surface area contributed by atoms with Crippen LogP contribution in [-0.2, 0) is 14.3 Å². The lowest BCUT2D eigenvalue weighted by molar-refractivity contribution is -0.137. The highest BCUT2D eigenvalue weighted by atomic mass is 16.5. The van der Waals surface area contributed by atoms with Crippen molar-refractivity contribution < 1.29 is 19.1 Å². The summed E-state index contributed by atoms with van der Waals surface area (Å²) >= 11 is 0. The van der Waals surface area contributed by atoms with E-state index in [1.807, 2.05) is 6.92 Å². The van der Waals surface area contributed by atoms with E-state index in [9.17, 15) is 9.59 Å². The van der Waals surface area contributed by atoms with E-state index >= 15 is 0 Å². The van der Waals surface area contributed by atoms with Crippen LogP contribution in [0, 0.1) is 0 Å². The van der Waals surface area contributed by atoms with Crippen molar-refractivity contribution in [2.24, 2.45) is 0 Å². The van der Waals surface area contributed by atoms with Crippen molar-refractivity contribution in [3.8, 4) is 5.75 Å². The predicted octanol–water partition coefficient (Wildman–Crippen LogP) is 3.52. The van der Waals surface area contributed by atoms with E-state index in [0.717, 1.165) is 18.4 Å². The van der Waals surface area contributed by atoms with Crippen molar-refractivity contribution in [3.05, 3.63) is 48.1 Å². The van der Waals surface area contributed by atoms with E-state index in [2.05, 4.69) is 6.58 Å². The van der Waals surface area contributed by atoms with Gasteiger partial charge >= 0.3 is 11.9 Å². The molecule has 0 bridgehead atoms. The number of hydrogen-bond donors (Lipinski definition) is 0. The molecule has 0 unspecified atom stereocenters. The van der Waals surface area contributed by atoms with Gasteiger partial charge in [-0.15, -0.1) is 0 Å². The highest BCUT2D eigenvalue weighted by Gasteiger charge is 2.04. The molecule has 0 aliphatic heterocycles. The van der Waals surface area contributed by atoms with Gasteiger partial charge in [0.25, 0.3) is 0 Å². The molecule has 0 aliphatic carbocycles. The quantitative estimate of drug-likeness (QED) is 0.333. The van der Waals surface area contributed by atoms with Crippen LogP contribution in [0.5, 0.6) is 5.75 Å². The van der Waals surface area contributed by atoms with Crippen molar-refractivity contribution in [2.45, 2.75) is 26.7 Å². The SMILES string of the molecule is C=C(C)C(=O)Oc1ccc(C=CC(=O)OCCCC)cc1. The molecule has 112 valence electrons. The second-order valence-corrected chi connectivity index (χ2v) is 4.59. The summed E-state index contributed by atoms with van der Waals surface area (Å²) < 4.78 is 10.1. The zero-order valence-corrected chi connectivity index (χ0v) is 12.4. The molecule has 0 heterocycles. The first-order chi connectivity index (χ1) is 10.0. The van der Waals surface area contributed by atoms with E-state index < -0.39 is 5.97 Å². The largest absolute Gasteiger partial charge is 0.463 e. The summed E-state index contributed by atoms with van der Waals surface area (Å²) in [5.74, 6) is -0.385. The zero-order valence-electron chi connectivity index (χ0n) is 12.4. The second kappa shape index (κ2) is 8.74. The Hall–Kier alpha value is -2.36. The maximum Gasteiger partial charge on any atom is 0.338 e. The molecule has 0 amide bonds. The highest BCUT2D eigenvalue weighted by Crippen LogP contribution is 2.14. The molecule has 0 spiro atoms. The molecule has 4 heteroatoms. The van der Waals surface area contributed by atoms with E-state index in [4.69, 9.17) is 9.47 Å². The van der Waals surface area contributed by atoms with Crippen LogP contribution < -0.4 is 4.74 Å². The number of benzene rings is 1. The van der Waals surface area contributed by atoms with E-state index in [1.165, 1.54) is 6.08 Å². The van der Waals surface area contributed by atoms with Gasteiger partial charge in [0.2, 0.25) is 0 Å². The third-order valence-corrected chi connectivity index (χ3v) is 2.59. The number of rotatable bonds is 7. The molecule has 0 aliphatic rings. The lowest BCUT2D eigenvalue weighted by atomic mass is 10.2. The number of esters is 2. The number of hydrogen-bond acceptors (Lipinski definition) is 4. The Labute approximate surface area is 125 Å². The third kappa shape index (κ3) is 6.56. The Morgan fingerprint density at radius 1 is 1.24 bits per heavy atom. The van der Waals surface area contributed by atoms with Gasteiger partial charge in [0.05, 0.1) is 6.61 Å². The minimum Gasteiger partial charge on any atom is -0.463 e. The van der Waals surface area contributed by atoms with Crippen LogP contribution >= 0.6 is 0 Å². The fourth-order valence-electron chi connectivity index (χ4n) is 1.37. The molecular formula is C17H20O4. The van der Waals surface area contributed by atoms with Gasteiger partial charge in [-0.3, -0.25) is 0 Å². The number of unbranched alkanes of at least 4 members (excludes halogenated alkanes) is 1. The molecule has 0 saturated carbocycles. The Bertz CT molecular complexity index is 526. The normalized spacial score (nSPS) is 10.4. The molecule has 0 saturated heterocycles. The smallest absolute Gasteiger partial charge is 0.338 e. The molecular weight excluding hydrogens is 268 g/mol. The van der Waals surface area contributed by atoms with Crippen LogP contribution in [0.15, 0.2) is 42.5 Å². The maximum absolute atomic E-state index is 11.4. The van der Waals surface area contributed by atoms with Crippen molar-refractivity contribution in [2.75, 3.05) is 6.61 Å². The van der Waals surface area contributed by atoms with Gasteiger partial charge in [0.15, 0.2) is 0 Å². The standard InChI is InChI=1S/C17H20O4/c1-4-5-12-20-16(18)11-8-14-6-9-15(10-7-14)21-17(19)13(2)3/h6-11H,2,4-5,12H2,1,3H3.